The van der Waals surface area contributed by atoms with Gasteiger partial charge in [-0.15, -0.1) is 12.4 Å². The van der Waals surface area contributed by atoms with Crippen molar-refractivity contribution in [3.63, 3.8) is 0 Å². The Labute approximate surface area is 103 Å². The minimum absolute atomic E-state index is 0. The molecular formula is C10H21ClN2O3. The molecule has 3 N–H and O–H groups in total. The zero-order valence-electron chi connectivity index (χ0n) is 10.2. The van der Waals surface area contributed by atoms with E-state index >= 15 is 0 Å². The fourth-order valence-electron chi connectivity index (χ4n) is 1.33. The SMILES string of the molecule is CCCC(C)(NC(=O)[C@H](C)N)C(=O)OC.Cl. The summed E-state index contributed by atoms with van der Waals surface area (Å²) in [6.07, 6.45) is 1.29. The zero-order valence-corrected chi connectivity index (χ0v) is 11.0. The van der Waals surface area contributed by atoms with Gasteiger partial charge in [-0.05, 0) is 20.3 Å². The summed E-state index contributed by atoms with van der Waals surface area (Å²) >= 11 is 0. The summed E-state index contributed by atoms with van der Waals surface area (Å²) in [5.41, 5.74) is 4.44. The topological polar surface area (TPSA) is 81.4 Å². The van der Waals surface area contributed by atoms with Crippen molar-refractivity contribution in [2.24, 2.45) is 5.73 Å². The van der Waals surface area contributed by atoms with Gasteiger partial charge in [-0.1, -0.05) is 13.3 Å². The lowest BCUT2D eigenvalue weighted by atomic mass is 9.96. The van der Waals surface area contributed by atoms with E-state index in [0.29, 0.717) is 6.42 Å². The molecule has 0 aliphatic rings. The molecule has 0 radical (unpaired) electrons. The van der Waals surface area contributed by atoms with Gasteiger partial charge in [-0.25, -0.2) is 4.79 Å². The first-order valence-electron chi connectivity index (χ1n) is 5.03. The Morgan fingerprint density at radius 2 is 2.00 bits per heavy atom. The second kappa shape index (κ2) is 7.46. The molecule has 0 aromatic carbocycles. The van der Waals surface area contributed by atoms with E-state index in [0.717, 1.165) is 6.42 Å². The molecule has 0 saturated heterocycles. The van der Waals surface area contributed by atoms with Gasteiger partial charge in [0.15, 0.2) is 0 Å². The summed E-state index contributed by atoms with van der Waals surface area (Å²) in [7, 11) is 1.30. The number of halogens is 1. The average Bonchev–Trinajstić information content (AvgIpc) is 2.16. The van der Waals surface area contributed by atoms with Gasteiger partial charge in [0.05, 0.1) is 13.2 Å². The second-order valence-corrected chi connectivity index (χ2v) is 3.85. The molecule has 0 spiro atoms. The zero-order chi connectivity index (χ0) is 12.1. The fraction of sp³-hybridized carbons (Fsp3) is 0.800. The van der Waals surface area contributed by atoms with Gasteiger partial charge in [-0.2, -0.15) is 0 Å². The van der Waals surface area contributed by atoms with E-state index < -0.39 is 17.6 Å². The predicted octanol–water partition coefficient (Wildman–Crippen LogP) is 0.603. The maximum atomic E-state index is 11.5. The largest absolute Gasteiger partial charge is 0.467 e. The van der Waals surface area contributed by atoms with Crippen molar-refractivity contribution in [1.82, 2.24) is 5.32 Å². The summed E-state index contributed by atoms with van der Waals surface area (Å²) in [4.78, 5) is 22.9. The van der Waals surface area contributed by atoms with Crippen molar-refractivity contribution in [2.45, 2.75) is 45.2 Å². The Morgan fingerprint density at radius 3 is 2.31 bits per heavy atom. The maximum Gasteiger partial charge on any atom is 0.331 e. The average molecular weight is 253 g/mol. The first-order valence-corrected chi connectivity index (χ1v) is 5.03. The van der Waals surface area contributed by atoms with Crippen LogP contribution in [0, 0.1) is 0 Å². The highest BCUT2D eigenvalue weighted by Gasteiger charge is 2.35. The first-order chi connectivity index (χ1) is 6.87. The number of nitrogens with two attached hydrogens (primary N) is 1. The summed E-state index contributed by atoms with van der Waals surface area (Å²) < 4.78 is 4.65. The van der Waals surface area contributed by atoms with Crippen LogP contribution in [-0.2, 0) is 14.3 Å². The van der Waals surface area contributed by atoms with Crippen LogP contribution in [0.15, 0.2) is 0 Å². The number of hydrogen-bond donors (Lipinski definition) is 2. The number of amides is 1. The van der Waals surface area contributed by atoms with Gasteiger partial charge < -0.3 is 15.8 Å². The molecule has 2 atom stereocenters. The molecule has 0 saturated carbocycles. The maximum absolute atomic E-state index is 11.5. The quantitative estimate of drug-likeness (QED) is 0.703. The summed E-state index contributed by atoms with van der Waals surface area (Å²) in [5, 5.41) is 2.61. The molecule has 0 bridgehead atoms. The molecule has 96 valence electrons. The molecule has 5 nitrogen and oxygen atoms in total. The number of carbonyl (C=O) groups excluding carboxylic acids is 2. The Hall–Kier alpha value is -0.810. The van der Waals surface area contributed by atoms with E-state index in [-0.39, 0.29) is 18.3 Å². The van der Waals surface area contributed by atoms with Gasteiger partial charge >= 0.3 is 5.97 Å². The molecule has 1 amide bonds. The van der Waals surface area contributed by atoms with Crippen molar-refractivity contribution >= 4 is 24.3 Å². The van der Waals surface area contributed by atoms with Gasteiger partial charge in [0, 0.05) is 0 Å². The van der Waals surface area contributed by atoms with E-state index in [1.807, 2.05) is 6.92 Å². The molecule has 0 heterocycles. The Bertz CT molecular complexity index is 246. The monoisotopic (exact) mass is 252 g/mol. The number of rotatable bonds is 5. The number of nitrogens with one attached hydrogen (secondary N) is 1. The minimum Gasteiger partial charge on any atom is -0.467 e. The third-order valence-electron chi connectivity index (χ3n) is 2.20. The third kappa shape index (κ3) is 4.81. The second-order valence-electron chi connectivity index (χ2n) is 3.85. The molecule has 0 aromatic rings. The van der Waals surface area contributed by atoms with Crippen LogP contribution in [0.3, 0.4) is 0 Å². The number of methoxy groups -OCH3 is 1. The van der Waals surface area contributed by atoms with E-state index in [9.17, 15) is 9.59 Å². The lowest BCUT2D eigenvalue weighted by molar-refractivity contribution is -0.150. The van der Waals surface area contributed by atoms with Crippen LogP contribution < -0.4 is 11.1 Å². The van der Waals surface area contributed by atoms with E-state index in [4.69, 9.17) is 5.73 Å². The summed E-state index contributed by atoms with van der Waals surface area (Å²) in [5.74, 6) is -0.797. The lowest BCUT2D eigenvalue weighted by Gasteiger charge is -2.28. The molecular weight excluding hydrogens is 232 g/mol. The summed E-state index contributed by atoms with van der Waals surface area (Å²) in [6, 6.07) is -0.633. The standard InChI is InChI=1S/C10H20N2O3.ClH/c1-5-6-10(3,9(14)15-4)12-8(13)7(2)11;/h7H,5-6,11H2,1-4H3,(H,12,13);1H/t7-,10?;/m0./s1. The van der Waals surface area contributed by atoms with Crippen LogP contribution in [0.4, 0.5) is 0 Å². The Balaban J connectivity index is 0. The van der Waals surface area contributed by atoms with Gasteiger partial charge in [-0.3, -0.25) is 4.79 Å². The molecule has 1 unspecified atom stereocenters. The lowest BCUT2D eigenvalue weighted by Crippen LogP contribution is -2.56. The highest BCUT2D eigenvalue weighted by molar-refractivity contribution is 5.89. The van der Waals surface area contributed by atoms with Gasteiger partial charge in [0.25, 0.3) is 0 Å². The highest BCUT2D eigenvalue weighted by Crippen LogP contribution is 2.14. The minimum atomic E-state index is -0.978. The van der Waals surface area contributed by atoms with Crippen LogP contribution in [0.1, 0.15) is 33.6 Å². The van der Waals surface area contributed by atoms with E-state index in [1.165, 1.54) is 7.11 Å². The molecule has 6 heteroatoms. The normalized spacial score (nSPS) is 15.3. The van der Waals surface area contributed by atoms with Gasteiger partial charge in [0.1, 0.15) is 5.54 Å². The number of ether oxygens (including phenoxy) is 1. The summed E-state index contributed by atoms with van der Waals surface area (Å²) in [6.45, 7) is 5.14. The number of esters is 1. The van der Waals surface area contributed by atoms with Crippen molar-refractivity contribution in [1.29, 1.82) is 0 Å². The molecule has 16 heavy (non-hydrogen) atoms. The predicted molar refractivity (Wildman–Crippen MR) is 64.4 cm³/mol. The van der Waals surface area contributed by atoms with Crippen LogP contribution >= 0.6 is 12.4 Å². The number of hydrogen-bond acceptors (Lipinski definition) is 4. The fourth-order valence-corrected chi connectivity index (χ4v) is 1.33. The Morgan fingerprint density at radius 1 is 1.50 bits per heavy atom. The number of carbonyl (C=O) groups is 2. The Kier molecular flexibility index (Phi) is 8.20. The molecule has 0 aromatic heterocycles. The van der Waals surface area contributed by atoms with Crippen LogP contribution in [0.25, 0.3) is 0 Å². The molecule has 0 rings (SSSR count). The van der Waals surface area contributed by atoms with Crippen LogP contribution in [0.2, 0.25) is 0 Å². The molecule has 0 fully saturated rings. The molecule has 0 aliphatic heterocycles. The third-order valence-corrected chi connectivity index (χ3v) is 2.20. The van der Waals surface area contributed by atoms with E-state index in [2.05, 4.69) is 10.1 Å². The van der Waals surface area contributed by atoms with Crippen molar-refractivity contribution < 1.29 is 14.3 Å². The van der Waals surface area contributed by atoms with Crippen molar-refractivity contribution in [3.05, 3.63) is 0 Å². The highest BCUT2D eigenvalue weighted by atomic mass is 35.5. The van der Waals surface area contributed by atoms with Crippen molar-refractivity contribution in [2.75, 3.05) is 7.11 Å². The first kappa shape index (κ1) is 17.6. The van der Waals surface area contributed by atoms with Crippen molar-refractivity contribution in [3.8, 4) is 0 Å². The van der Waals surface area contributed by atoms with E-state index in [1.54, 1.807) is 13.8 Å². The van der Waals surface area contributed by atoms with Crippen LogP contribution in [-0.4, -0.2) is 30.6 Å². The smallest absolute Gasteiger partial charge is 0.331 e. The van der Waals surface area contributed by atoms with Gasteiger partial charge in [0.2, 0.25) is 5.91 Å². The molecule has 0 aliphatic carbocycles. The van der Waals surface area contributed by atoms with Crippen LogP contribution in [0.5, 0.6) is 0 Å².